The first-order valence-corrected chi connectivity index (χ1v) is 17.8. The fourth-order valence-electron chi connectivity index (χ4n) is 7.43. The van der Waals surface area contributed by atoms with E-state index in [1.807, 2.05) is 48.4 Å². The van der Waals surface area contributed by atoms with Gasteiger partial charge < -0.3 is 9.64 Å². The highest BCUT2D eigenvalue weighted by molar-refractivity contribution is 5.95. The Kier molecular flexibility index (Phi) is 8.99. The van der Waals surface area contributed by atoms with Crippen molar-refractivity contribution >= 4 is 28.2 Å². The Labute approximate surface area is 295 Å². The summed E-state index contributed by atoms with van der Waals surface area (Å²) in [7, 11) is 0. The van der Waals surface area contributed by atoms with Crippen LogP contribution in [-0.4, -0.2) is 91.6 Å². The van der Waals surface area contributed by atoms with Crippen LogP contribution in [0, 0.1) is 5.82 Å². The van der Waals surface area contributed by atoms with Gasteiger partial charge in [-0.25, -0.2) is 14.4 Å². The van der Waals surface area contributed by atoms with Gasteiger partial charge in [0.2, 0.25) is 5.91 Å². The summed E-state index contributed by atoms with van der Waals surface area (Å²) in [5.74, 6) is 0.687. The normalized spacial score (nSPS) is 19.4. The van der Waals surface area contributed by atoms with Gasteiger partial charge >= 0.3 is 0 Å². The number of benzene rings is 2. The molecule has 5 heterocycles. The van der Waals surface area contributed by atoms with E-state index in [9.17, 15) is 9.59 Å². The molecule has 3 aliphatic rings. The van der Waals surface area contributed by atoms with Crippen LogP contribution in [0.25, 0.3) is 39.1 Å². The zero-order valence-electron chi connectivity index (χ0n) is 28.6. The Bertz CT molecular complexity index is 2130. The number of nitrogens with one attached hydrogen (secondary N) is 1. The van der Waals surface area contributed by atoms with Gasteiger partial charge in [0.05, 0.1) is 12.1 Å². The molecule has 2 aliphatic heterocycles. The number of aromatic amines is 1. The first-order valence-electron chi connectivity index (χ1n) is 17.8. The lowest BCUT2D eigenvalue weighted by atomic mass is 9.91. The van der Waals surface area contributed by atoms with Gasteiger partial charge in [-0.1, -0.05) is 24.3 Å². The second-order valence-corrected chi connectivity index (χ2v) is 13.8. The second-order valence-electron chi connectivity index (χ2n) is 13.8. The van der Waals surface area contributed by atoms with Crippen LogP contribution in [0.15, 0.2) is 79.3 Å². The highest BCUT2D eigenvalue weighted by atomic mass is 19.1. The van der Waals surface area contributed by atoms with Gasteiger partial charge in [-0.3, -0.25) is 24.6 Å². The summed E-state index contributed by atoms with van der Waals surface area (Å²) in [6, 6.07) is 16.9. The predicted molar refractivity (Wildman–Crippen MR) is 192 cm³/mol. The molecule has 0 spiro atoms. The third kappa shape index (κ3) is 6.83. The van der Waals surface area contributed by atoms with Crippen LogP contribution in [0.2, 0.25) is 0 Å². The number of amides is 1. The Morgan fingerprint density at radius 3 is 2.63 bits per heavy atom. The lowest BCUT2D eigenvalue weighted by Gasteiger charge is -2.30. The molecule has 51 heavy (non-hydrogen) atoms. The number of hydrogen-bond acceptors (Lipinski definition) is 8. The molecule has 1 saturated carbocycles. The third-order valence-corrected chi connectivity index (χ3v) is 10.3. The van der Waals surface area contributed by atoms with Crippen molar-refractivity contribution in [2.75, 3.05) is 39.3 Å². The maximum absolute atomic E-state index is 15.1. The molecule has 0 radical (unpaired) electrons. The van der Waals surface area contributed by atoms with Gasteiger partial charge in [-0.2, -0.15) is 5.10 Å². The van der Waals surface area contributed by atoms with E-state index in [0.717, 1.165) is 39.0 Å². The molecule has 10 nitrogen and oxygen atoms in total. The van der Waals surface area contributed by atoms with E-state index >= 15 is 4.39 Å². The number of aromatic nitrogens is 5. The number of Topliss-reactive ketones (excluding diaryl/α,β-unsaturated/α-hetero) is 1. The summed E-state index contributed by atoms with van der Waals surface area (Å²) < 4.78 is 21.3. The maximum Gasteiger partial charge on any atom is 0.237 e. The van der Waals surface area contributed by atoms with Crippen molar-refractivity contribution in [2.45, 2.75) is 50.5 Å². The fraction of sp³-hybridized carbons (Fsp3) is 0.350. The maximum atomic E-state index is 15.1. The summed E-state index contributed by atoms with van der Waals surface area (Å²) in [5.41, 5.74) is 5.85. The minimum atomic E-state index is -0.975. The number of carbonyl (C=O) groups excluding carboxylic acids is 2. The first kappa shape index (κ1) is 33.0. The molecule has 260 valence electrons. The van der Waals surface area contributed by atoms with Gasteiger partial charge in [-0.05, 0) is 80.1 Å². The van der Waals surface area contributed by atoms with E-state index in [2.05, 4.69) is 37.3 Å². The summed E-state index contributed by atoms with van der Waals surface area (Å²) >= 11 is 0. The summed E-state index contributed by atoms with van der Waals surface area (Å²) in [4.78, 5) is 44.2. The number of ketones is 1. The number of likely N-dealkylation sites (tertiary alicyclic amines) is 1. The zero-order chi connectivity index (χ0) is 35.0. The molecule has 1 atom stereocenters. The molecule has 2 aromatic carbocycles. The summed E-state index contributed by atoms with van der Waals surface area (Å²) in [5, 5.41) is 8.72. The van der Waals surface area contributed by atoms with Crippen molar-refractivity contribution in [1.29, 1.82) is 0 Å². The van der Waals surface area contributed by atoms with Crippen LogP contribution in [0.1, 0.15) is 55.3 Å². The van der Waals surface area contributed by atoms with Gasteiger partial charge in [-0.15, -0.1) is 0 Å². The number of rotatable bonds is 11. The van der Waals surface area contributed by atoms with Crippen LogP contribution in [0.5, 0.6) is 0 Å². The molecule has 8 rings (SSSR count). The van der Waals surface area contributed by atoms with Gasteiger partial charge in [0.15, 0.2) is 11.6 Å². The highest BCUT2D eigenvalue weighted by Crippen LogP contribution is 2.40. The van der Waals surface area contributed by atoms with E-state index in [-0.39, 0.29) is 30.5 Å². The van der Waals surface area contributed by atoms with E-state index in [0.29, 0.717) is 68.5 Å². The quantitative estimate of drug-likeness (QED) is 0.180. The molecular weight excluding hydrogens is 645 g/mol. The number of ether oxygens (including phenoxy) is 1. The average molecular weight is 686 g/mol. The number of pyridine rings is 1. The van der Waals surface area contributed by atoms with Crippen molar-refractivity contribution in [3.63, 3.8) is 0 Å². The Morgan fingerprint density at radius 2 is 1.86 bits per heavy atom. The monoisotopic (exact) mass is 685 g/mol. The zero-order valence-corrected chi connectivity index (χ0v) is 28.6. The van der Waals surface area contributed by atoms with Crippen LogP contribution in [-0.2, 0) is 20.7 Å². The fourth-order valence-corrected chi connectivity index (χ4v) is 7.43. The largest absolute Gasteiger partial charge is 0.366 e. The standard InChI is InChI=1S/C40H40FN7O3/c1-2-51-40(36(49)21-26-4-9-34-32(20-26)38(46-45-34)29-10-16-42-35(23-29)28-5-6-28)13-19-47(25-40)24-37(50)48-17-11-27(12-18-48)31-8-7-30(22-33(31)41)39-43-14-3-15-44-39/h3-4,7-11,14-16,20,22-23,28H,2,5-6,12-13,17-19,21,24-25H2,1H3,(H,45,46)/t40-/m0/s1. The number of hydrogen-bond donors (Lipinski definition) is 1. The smallest absolute Gasteiger partial charge is 0.237 e. The number of halogens is 1. The van der Waals surface area contributed by atoms with Crippen LogP contribution >= 0.6 is 0 Å². The molecule has 3 aromatic heterocycles. The number of H-pyrrole nitrogens is 1. The lowest BCUT2D eigenvalue weighted by molar-refractivity contribution is -0.143. The third-order valence-electron chi connectivity index (χ3n) is 10.3. The molecule has 11 heteroatoms. The average Bonchev–Trinajstić information content (AvgIpc) is 3.81. The molecule has 1 amide bonds. The van der Waals surface area contributed by atoms with Gasteiger partial charge in [0.25, 0.3) is 0 Å². The molecule has 0 unspecified atom stereocenters. The van der Waals surface area contributed by atoms with E-state index in [1.165, 1.54) is 18.9 Å². The SMILES string of the molecule is CCO[C@@]1(C(=O)Cc2ccc3[nH]nc(-c4ccnc(C5CC5)c4)c3c2)CCN(CC(=O)N2CC=C(c3ccc(-c4ncccn4)cc3F)CC2)C1. The van der Waals surface area contributed by atoms with E-state index in [1.54, 1.807) is 29.4 Å². The Hall–Kier alpha value is -5.13. The summed E-state index contributed by atoms with van der Waals surface area (Å²) in [6.07, 6.45) is 10.7. The van der Waals surface area contributed by atoms with Crippen LogP contribution in [0.4, 0.5) is 4.39 Å². The second kappa shape index (κ2) is 13.9. The number of fused-ring (bicyclic) bond motifs is 1. The highest BCUT2D eigenvalue weighted by Gasteiger charge is 2.45. The first-order chi connectivity index (χ1) is 24.9. The molecule has 5 aromatic rings. The molecular formula is C40H40FN7O3. The van der Waals surface area contributed by atoms with Gasteiger partial charge in [0.1, 0.15) is 17.1 Å². The topological polar surface area (TPSA) is 117 Å². The van der Waals surface area contributed by atoms with Crippen molar-refractivity contribution in [3.8, 4) is 22.6 Å². The van der Waals surface area contributed by atoms with E-state index < -0.39 is 5.60 Å². The Balaban J connectivity index is 0.906. The van der Waals surface area contributed by atoms with Crippen molar-refractivity contribution < 1.29 is 18.7 Å². The molecule has 1 saturated heterocycles. The molecule has 0 bridgehead atoms. The number of nitrogens with zero attached hydrogens (tertiary/aromatic N) is 6. The molecule has 1 aliphatic carbocycles. The lowest BCUT2D eigenvalue weighted by Crippen LogP contribution is -2.47. The predicted octanol–water partition coefficient (Wildman–Crippen LogP) is 6.01. The minimum absolute atomic E-state index is 0.0130. The van der Waals surface area contributed by atoms with E-state index in [4.69, 9.17) is 4.74 Å². The number of carbonyl (C=O) groups is 2. The molecule has 1 N–H and O–H groups in total. The van der Waals surface area contributed by atoms with Crippen molar-refractivity contribution in [2.24, 2.45) is 0 Å². The molecule has 2 fully saturated rings. The van der Waals surface area contributed by atoms with Gasteiger partial charge in [0, 0.05) is 91.5 Å². The summed E-state index contributed by atoms with van der Waals surface area (Å²) in [6.45, 7) is 4.36. The van der Waals surface area contributed by atoms with Crippen LogP contribution < -0.4 is 0 Å². The van der Waals surface area contributed by atoms with Crippen molar-refractivity contribution in [3.05, 3.63) is 102 Å². The minimum Gasteiger partial charge on any atom is -0.366 e. The Morgan fingerprint density at radius 1 is 1.00 bits per heavy atom. The van der Waals surface area contributed by atoms with Crippen molar-refractivity contribution in [1.82, 2.24) is 34.9 Å². The van der Waals surface area contributed by atoms with Crippen LogP contribution in [0.3, 0.4) is 0 Å².